The maximum Gasteiger partial charge on any atom is 0.325 e. The van der Waals surface area contributed by atoms with Crippen LogP contribution in [0.4, 0.5) is 0 Å². The largest absolute Gasteiger partial charge is 0.496 e. The summed E-state index contributed by atoms with van der Waals surface area (Å²) in [4.78, 5) is 41.0. The van der Waals surface area contributed by atoms with Crippen molar-refractivity contribution in [3.8, 4) is 5.75 Å². The average molecular weight is 453 g/mol. The Labute approximate surface area is 192 Å². The Hall–Kier alpha value is -3.23. The van der Waals surface area contributed by atoms with Gasteiger partial charge in [-0.3, -0.25) is 24.6 Å². The number of hydrogen-bond acceptors (Lipinski definition) is 6. The molecule has 0 spiro atoms. The quantitative estimate of drug-likeness (QED) is 0.392. The molecule has 0 bridgehead atoms. The number of para-hydroxylation sites is 1. The number of nitrogens with zero attached hydrogens (tertiary/aromatic N) is 1. The van der Waals surface area contributed by atoms with Crippen molar-refractivity contribution in [2.75, 3.05) is 20.3 Å². The van der Waals surface area contributed by atoms with Gasteiger partial charge in [0.25, 0.3) is 0 Å². The topological polar surface area (TPSA) is 116 Å². The Balaban J connectivity index is 1.81. The van der Waals surface area contributed by atoms with Crippen LogP contribution < -0.4 is 10.1 Å². The Bertz CT molecular complexity index is 1040. The molecular formula is C25H28N2O6. The van der Waals surface area contributed by atoms with Crippen LogP contribution >= 0.6 is 0 Å². The Morgan fingerprint density at radius 2 is 1.76 bits per heavy atom. The minimum absolute atomic E-state index is 0.0401. The van der Waals surface area contributed by atoms with Crippen LogP contribution in [0.15, 0.2) is 54.6 Å². The van der Waals surface area contributed by atoms with E-state index in [1.165, 1.54) is 12.0 Å². The van der Waals surface area contributed by atoms with Crippen LogP contribution in [0.2, 0.25) is 0 Å². The Morgan fingerprint density at radius 3 is 2.42 bits per heavy atom. The van der Waals surface area contributed by atoms with Crippen LogP contribution in [0, 0.1) is 11.8 Å². The van der Waals surface area contributed by atoms with E-state index in [2.05, 4.69) is 5.32 Å². The predicted octanol–water partition coefficient (Wildman–Crippen LogP) is 1.78. The molecule has 2 fully saturated rings. The molecule has 4 atom stereocenters. The summed E-state index contributed by atoms with van der Waals surface area (Å²) >= 11 is 0. The SMILES string of the molecule is COc1ccccc1C1NC(Cc2ccccc2)(C(=O)O)C2C(=O)N(CCCCO)C(=O)C12. The molecule has 0 aromatic heterocycles. The highest BCUT2D eigenvalue weighted by Crippen LogP contribution is 2.51. The number of amides is 2. The summed E-state index contributed by atoms with van der Waals surface area (Å²) < 4.78 is 5.50. The van der Waals surface area contributed by atoms with Gasteiger partial charge in [-0.15, -0.1) is 0 Å². The molecule has 0 saturated carbocycles. The fraction of sp³-hybridized carbons (Fsp3) is 0.400. The van der Waals surface area contributed by atoms with E-state index in [-0.39, 0.29) is 25.5 Å². The first kappa shape index (κ1) is 22.9. The van der Waals surface area contributed by atoms with Crippen molar-refractivity contribution in [2.45, 2.75) is 30.8 Å². The van der Waals surface area contributed by atoms with E-state index in [1.54, 1.807) is 24.3 Å². The van der Waals surface area contributed by atoms with Gasteiger partial charge in [-0.1, -0.05) is 48.5 Å². The molecule has 2 aromatic carbocycles. The number of carbonyl (C=O) groups is 3. The number of aliphatic carboxylic acids is 1. The molecule has 2 aromatic rings. The lowest BCUT2D eigenvalue weighted by Crippen LogP contribution is -2.57. The van der Waals surface area contributed by atoms with Gasteiger partial charge in [0.1, 0.15) is 11.3 Å². The molecule has 2 aliphatic rings. The van der Waals surface area contributed by atoms with E-state index in [9.17, 15) is 19.5 Å². The smallest absolute Gasteiger partial charge is 0.325 e. The van der Waals surface area contributed by atoms with Gasteiger partial charge in [-0.05, 0) is 24.5 Å². The maximum absolute atomic E-state index is 13.5. The molecule has 8 heteroatoms. The third-order valence-corrected chi connectivity index (χ3v) is 6.72. The third kappa shape index (κ3) is 3.89. The van der Waals surface area contributed by atoms with Gasteiger partial charge in [0.05, 0.1) is 18.9 Å². The molecule has 3 N–H and O–H groups in total. The number of imide groups is 1. The lowest BCUT2D eigenvalue weighted by molar-refractivity contribution is -0.151. The number of rotatable bonds is 9. The number of carbonyl (C=O) groups excluding carboxylic acids is 2. The third-order valence-electron chi connectivity index (χ3n) is 6.72. The molecule has 8 nitrogen and oxygen atoms in total. The van der Waals surface area contributed by atoms with Crippen molar-refractivity contribution in [3.05, 3.63) is 65.7 Å². The van der Waals surface area contributed by atoms with Gasteiger partial charge in [0.15, 0.2) is 0 Å². The van der Waals surface area contributed by atoms with Crippen LogP contribution in [0.3, 0.4) is 0 Å². The number of methoxy groups -OCH3 is 1. The number of hydrogen-bond donors (Lipinski definition) is 3. The zero-order valence-electron chi connectivity index (χ0n) is 18.4. The van der Waals surface area contributed by atoms with Crippen molar-refractivity contribution < 1.29 is 29.3 Å². The predicted molar refractivity (Wildman–Crippen MR) is 119 cm³/mol. The molecule has 0 aliphatic carbocycles. The van der Waals surface area contributed by atoms with Crippen molar-refractivity contribution in [2.24, 2.45) is 11.8 Å². The molecule has 4 rings (SSSR count). The first-order valence-corrected chi connectivity index (χ1v) is 11.1. The number of nitrogens with one attached hydrogen (secondary N) is 1. The molecule has 2 amide bonds. The number of fused-ring (bicyclic) bond motifs is 1. The number of carboxylic acid groups (broad SMARTS) is 1. The van der Waals surface area contributed by atoms with E-state index < -0.39 is 35.3 Å². The van der Waals surface area contributed by atoms with E-state index in [4.69, 9.17) is 9.84 Å². The first-order valence-electron chi connectivity index (χ1n) is 11.1. The zero-order chi connectivity index (χ0) is 23.6. The van der Waals surface area contributed by atoms with E-state index in [1.807, 2.05) is 30.3 Å². The average Bonchev–Trinajstić information content (AvgIpc) is 3.29. The van der Waals surface area contributed by atoms with E-state index >= 15 is 0 Å². The highest BCUT2D eigenvalue weighted by Gasteiger charge is 2.68. The summed E-state index contributed by atoms with van der Waals surface area (Å²) in [6, 6.07) is 15.5. The number of unbranched alkanes of at least 4 members (excludes halogenated alkanes) is 1. The molecule has 2 saturated heterocycles. The summed E-state index contributed by atoms with van der Waals surface area (Å²) in [5.41, 5.74) is -0.258. The minimum atomic E-state index is -1.66. The van der Waals surface area contributed by atoms with Crippen molar-refractivity contribution in [1.82, 2.24) is 10.2 Å². The number of ether oxygens (including phenoxy) is 1. The first-order chi connectivity index (χ1) is 15.9. The molecule has 0 radical (unpaired) electrons. The fourth-order valence-electron chi connectivity index (χ4n) is 5.21. The number of benzene rings is 2. The molecule has 33 heavy (non-hydrogen) atoms. The Kier molecular flexibility index (Phi) is 6.49. The molecular weight excluding hydrogens is 424 g/mol. The lowest BCUT2D eigenvalue weighted by atomic mass is 9.76. The van der Waals surface area contributed by atoms with Gasteiger partial charge >= 0.3 is 5.97 Å². The highest BCUT2D eigenvalue weighted by atomic mass is 16.5. The molecule has 4 unspecified atom stereocenters. The molecule has 2 heterocycles. The van der Waals surface area contributed by atoms with Crippen molar-refractivity contribution in [1.29, 1.82) is 0 Å². The standard InChI is InChI=1S/C25H28N2O6/c1-33-18-12-6-5-11-17(18)21-19-20(23(30)27(22(19)29)13-7-8-14-28)25(26-21,24(31)32)15-16-9-3-2-4-10-16/h2-6,9-12,19-21,26,28H,7-8,13-15H2,1H3,(H,31,32). The summed E-state index contributed by atoms with van der Waals surface area (Å²) in [7, 11) is 1.52. The van der Waals surface area contributed by atoms with Crippen LogP contribution in [-0.4, -0.2) is 58.7 Å². The normalized spacial score (nSPS) is 26.5. The van der Waals surface area contributed by atoms with Gasteiger partial charge in [-0.2, -0.15) is 0 Å². The number of aliphatic hydroxyl groups is 1. The van der Waals surface area contributed by atoms with Gasteiger partial charge in [0, 0.05) is 31.2 Å². The fourth-order valence-corrected chi connectivity index (χ4v) is 5.21. The van der Waals surface area contributed by atoms with Gasteiger partial charge in [0.2, 0.25) is 11.8 Å². The second kappa shape index (κ2) is 9.33. The monoisotopic (exact) mass is 452 g/mol. The van der Waals surface area contributed by atoms with Crippen molar-refractivity contribution >= 4 is 17.8 Å². The van der Waals surface area contributed by atoms with E-state index in [0.717, 1.165) is 5.56 Å². The highest BCUT2D eigenvalue weighted by molar-refractivity contribution is 6.09. The van der Waals surface area contributed by atoms with Gasteiger partial charge < -0.3 is 14.9 Å². The van der Waals surface area contributed by atoms with Gasteiger partial charge in [-0.25, -0.2) is 0 Å². The van der Waals surface area contributed by atoms with Crippen LogP contribution in [-0.2, 0) is 20.8 Å². The number of carboxylic acids is 1. The summed E-state index contributed by atoms with van der Waals surface area (Å²) in [5.74, 6) is -3.45. The number of aliphatic hydroxyl groups excluding tert-OH is 1. The van der Waals surface area contributed by atoms with Crippen LogP contribution in [0.1, 0.15) is 30.0 Å². The lowest BCUT2D eigenvalue weighted by Gasteiger charge is -2.31. The molecule has 174 valence electrons. The second-order valence-electron chi connectivity index (χ2n) is 8.57. The molecule has 2 aliphatic heterocycles. The van der Waals surface area contributed by atoms with E-state index in [0.29, 0.717) is 24.2 Å². The van der Waals surface area contributed by atoms with Crippen LogP contribution in [0.5, 0.6) is 5.75 Å². The maximum atomic E-state index is 13.5. The Morgan fingerprint density at radius 1 is 1.06 bits per heavy atom. The zero-order valence-corrected chi connectivity index (χ0v) is 18.4. The summed E-state index contributed by atoms with van der Waals surface area (Å²) in [5, 5.41) is 22.8. The summed E-state index contributed by atoms with van der Waals surface area (Å²) in [6.07, 6.45) is 0.965. The van der Waals surface area contributed by atoms with Crippen molar-refractivity contribution in [3.63, 3.8) is 0 Å². The minimum Gasteiger partial charge on any atom is -0.496 e. The second-order valence-corrected chi connectivity index (χ2v) is 8.57. The number of likely N-dealkylation sites (tertiary alicyclic amines) is 1. The summed E-state index contributed by atoms with van der Waals surface area (Å²) in [6.45, 7) is 0.118. The van der Waals surface area contributed by atoms with Crippen LogP contribution in [0.25, 0.3) is 0 Å².